The number of aromatic carboxylic acids is 1. The molecule has 0 atom stereocenters. The predicted octanol–water partition coefficient (Wildman–Crippen LogP) is 2.09. The topological polar surface area (TPSA) is 57.8 Å². The first kappa shape index (κ1) is 12.7. The van der Waals surface area contributed by atoms with Gasteiger partial charge >= 0.3 is 12.1 Å². The first-order valence-corrected chi connectivity index (χ1v) is 5.64. The number of carbonyl (C=O) groups is 1. The highest BCUT2D eigenvalue weighted by molar-refractivity contribution is 7.15. The molecule has 0 spiro atoms. The van der Waals surface area contributed by atoms with Gasteiger partial charge in [-0.25, -0.2) is 9.78 Å². The average molecular weight is 279 g/mol. The fourth-order valence-electron chi connectivity index (χ4n) is 1.58. The number of imidazole rings is 1. The molecule has 0 aliphatic rings. The van der Waals surface area contributed by atoms with Crippen molar-refractivity contribution in [2.45, 2.75) is 6.18 Å². The third kappa shape index (κ3) is 2.26. The second kappa shape index (κ2) is 4.16. The number of hydrogen-bond donors (Lipinski definition) is 1. The Labute approximate surface area is 103 Å². The van der Waals surface area contributed by atoms with Gasteiger partial charge in [0.15, 0.2) is 16.5 Å². The molecule has 0 aromatic carbocycles. The minimum Gasteiger partial charge on any atom is -0.476 e. The van der Waals surface area contributed by atoms with E-state index in [-0.39, 0.29) is 11.5 Å². The molecule has 2 rings (SSSR count). The fraction of sp³-hybridized carbons (Fsp3) is 0.333. The molecule has 5 nitrogen and oxygen atoms in total. The predicted molar refractivity (Wildman–Crippen MR) is 59.4 cm³/mol. The summed E-state index contributed by atoms with van der Waals surface area (Å²) in [5, 5.41) is 10.7. The number of rotatable bonds is 3. The van der Waals surface area contributed by atoms with E-state index in [1.165, 1.54) is 10.6 Å². The molecule has 9 heteroatoms. The molecule has 0 saturated heterocycles. The minimum atomic E-state index is -4.42. The second-order valence-corrected chi connectivity index (χ2v) is 4.49. The molecule has 0 unspecified atom stereocenters. The van der Waals surface area contributed by atoms with Gasteiger partial charge in [-0.3, -0.25) is 4.40 Å². The molecule has 0 bridgehead atoms. The molecule has 0 aliphatic heterocycles. The quantitative estimate of drug-likeness (QED) is 0.934. The van der Waals surface area contributed by atoms with Gasteiger partial charge in [0.25, 0.3) is 0 Å². The van der Waals surface area contributed by atoms with E-state index < -0.39 is 18.7 Å². The first-order valence-electron chi connectivity index (χ1n) is 4.76. The zero-order valence-corrected chi connectivity index (χ0v) is 9.92. The van der Waals surface area contributed by atoms with Crippen molar-refractivity contribution in [3.63, 3.8) is 0 Å². The van der Waals surface area contributed by atoms with E-state index in [0.29, 0.717) is 4.96 Å². The molecule has 2 aromatic rings. The lowest BCUT2D eigenvalue weighted by Gasteiger charge is -2.18. The van der Waals surface area contributed by atoms with Gasteiger partial charge in [-0.05, 0) is 0 Å². The Morgan fingerprint density at radius 2 is 2.28 bits per heavy atom. The maximum atomic E-state index is 12.3. The third-order valence-electron chi connectivity index (χ3n) is 2.22. The van der Waals surface area contributed by atoms with Crippen LogP contribution in [0.5, 0.6) is 0 Å². The van der Waals surface area contributed by atoms with Crippen LogP contribution >= 0.6 is 11.3 Å². The Bertz CT molecular complexity index is 589. The Morgan fingerprint density at radius 3 is 2.83 bits per heavy atom. The van der Waals surface area contributed by atoms with Gasteiger partial charge in [0.2, 0.25) is 0 Å². The van der Waals surface area contributed by atoms with Crippen molar-refractivity contribution in [3.8, 4) is 0 Å². The average Bonchev–Trinajstić information content (AvgIpc) is 2.70. The van der Waals surface area contributed by atoms with E-state index in [2.05, 4.69) is 4.98 Å². The summed E-state index contributed by atoms with van der Waals surface area (Å²) in [6.45, 7) is -1.25. The Balaban J connectivity index is 2.46. The van der Waals surface area contributed by atoms with Crippen LogP contribution in [0.3, 0.4) is 0 Å². The van der Waals surface area contributed by atoms with Crippen LogP contribution in [0.4, 0.5) is 19.0 Å². The maximum Gasteiger partial charge on any atom is 0.405 e. The second-order valence-electron chi connectivity index (χ2n) is 3.62. The number of carboxylic acids is 1. The molecule has 0 saturated carbocycles. The van der Waals surface area contributed by atoms with E-state index in [1.54, 1.807) is 5.38 Å². The monoisotopic (exact) mass is 279 g/mol. The molecular formula is C9H8F3N3O2S. The Morgan fingerprint density at radius 1 is 1.61 bits per heavy atom. The van der Waals surface area contributed by atoms with Gasteiger partial charge in [0.05, 0.1) is 0 Å². The number of aromatic nitrogens is 2. The number of alkyl halides is 3. The molecule has 0 aliphatic carbocycles. The smallest absolute Gasteiger partial charge is 0.405 e. The van der Waals surface area contributed by atoms with Gasteiger partial charge in [0, 0.05) is 18.6 Å². The SMILES string of the molecule is CN(CC(F)(F)F)c1nc2sccn2c1C(=O)O. The van der Waals surface area contributed by atoms with Crippen molar-refractivity contribution in [2.24, 2.45) is 0 Å². The van der Waals surface area contributed by atoms with Crippen molar-refractivity contribution in [2.75, 3.05) is 18.5 Å². The van der Waals surface area contributed by atoms with E-state index in [0.717, 1.165) is 23.3 Å². The molecule has 1 N–H and O–H groups in total. The van der Waals surface area contributed by atoms with Crippen molar-refractivity contribution in [1.82, 2.24) is 9.38 Å². The van der Waals surface area contributed by atoms with E-state index in [1.807, 2.05) is 0 Å². The summed E-state index contributed by atoms with van der Waals surface area (Å²) >= 11 is 1.16. The molecule has 0 amide bonds. The number of thiazole rings is 1. The third-order valence-corrected chi connectivity index (χ3v) is 2.98. The maximum absolute atomic E-state index is 12.3. The summed E-state index contributed by atoms with van der Waals surface area (Å²) in [6.07, 6.45) is -2.96. The van der Waals surface area contributed by atoms with Crippen LogP contribution in [0.1, 0.15) is 10.5 Å². The zero-order chi connectivity index (χ0) is 13.5. The van der Waals surface area contributed by atoms with Crippen LogP contribution in [-0.2, 0) is 0 Å². The Kier molecular flexibility index (Phi) is 2.93. The summed E-state index contributed by atoms with van der Waals surface area (Å²) in [5.74, 6) is -1.50. The van der Waals surface area contributed by atoms with Crippen LogP contribution in [0.15, 0.2) is 11.6 Å². The number of carboxylic acid groups (broad SMARTS) is 1. The molecule has 0 fully saturated rings. The standard InChI is InChI=1S/C9H8F3N3O2S/c1-14(4-9(10,11)12)6-5(7(16)17)15-2-3-18-8(15)13-6/h2-3H,4H2,1H3,(H,16,17). The highest BCUT2D eigenvalue weighted by atomic mass is 32.1. The summed E-state index contributed by atoms with van der Waals surface area (Å²) < 4.78 is 38.1. The van der Waals surface area contributed by atoms with Crippen molar-refractivity contribution in [3.05, 3.63) is 17.3 Å². The van der Waals surface area contributed by atoms with E-state index in [9.17, 15) is 18.0 Å². The summed E-state index contributed by atoms with van der Waals surface area (Å²) in [4.78, 5) is 16.1. The van der Waals surface area contributed by atoms with Crippen molar-refractivity contribution < 1.29 is 23.1 Å². The molecule has 0 radical (unpaired) electrons. The number of halogens is 3. The minimum absolute atomic E-state index is 0.188. The van der Waals surface area contributed by atoms with E-state index >= 15 is 0 Å². The van der Waals surface area contributed by atoms with Gasteiger partial charge in [-0.2, -0.15) is 13.2 Å². The van der Waals surface area contributed by atoms with Crippen molar-refractivity contribution >= 4 is 28.1 Å². The Hall–Kier alpha value is -1.77. The fourth-order valence-corrected chi connectivity index (χ4v) is 2.29. The lowest BCUT2D eigenvalue weighted by atomic mass is 10.4. The molecule has 18 heavy (non-hydrogen) atoms. The number of fused-ring (bicyclic) bond motifs is 1. The number of anilines is 1. The van der Waals surface area contributed by atoms with Gasteiger partial charge in [0.1, 0.15) is 6.54 Å². The lowest BCUT2D eigenvalue weighted by Crippen LogP contribution is -2.32. The van der Waals surface area contributed by atoms with Gasteiger partial charge < -0.3 is 10.0 Å². The van der Waals surface area contributed by atoms with Crippen LogP contribution in [0.2, 0.25) is 0 Å². The normalized spacial score (nSPS) is 12.0. The van der Waals surface area contributed by atoms with Crippen LogP contribution < -0.4 is 4.90 Å². The van der Waals surface area contributed by atoms with Gasteiger partial charge in [-0.15, -0.1) is 11.3 Å². The highest BCUT2D eigenvalue weighted by Crippen LogP contribution is 2.26. The molecule has 2 heterocycles. The molecule has 98 valence electrons. The van der Waals surface area contributed by atoms with Crippen LogP contribution in [-0.4, -0.2) is 40.2 Å². The first-order chi connectivity index (χ1) is 8.29. The van der Waals surface area contributed by atoms with Gasteiger partial charge in [-0.1, -0.05) is 0 Å². The number of hydrogen-bond acceptors (Lipinski definition) is 4. The molecule has 2 aromatic heterocycles. The largest absolute Gasteiger partial charge is 0.476 e. The summed E-state index contributed by atoms with van der Waals surface area (Å²) in [7, 11) is 1.16. The lowest BCUT2D eigenvalue weighted by molar-refractivity contribution is -0.119. The summed E-state index contributed by atoms with van der Waals surface area (Å²) in [6, 6.07) is 0. The van der Waals surface area contributed by atoms with Crippen LogP contribution in [0, 0.1) is 0 Å². The number of nitrogens with zero attached hydrogens (tertiary/aromatic N) is 3. The summed E-state index contributed by atoms with van der Waals surface area (Å²) in [5.41, 5.74) is -0.266. The highest BCUT2D eigenvalue weighted by Gasteiger charge is 2.32. The van der Waals surface area contributed by atoms with E-state index in [4.69, 9.17) is 5.11 Å². The van der Waals surface area contributed by atoms with Crippen LogP contribution in [0.25, 0.3) is 4.96 Å². The van der Waals surface area contributed by atoms with Crippen molar-refractivity contribution in [1.29, 1.82) is 0 Å². The molecular weight excluding hydrogens is 271 g/mol. The zero-order valence-electron chi connectivity index (χ0n) is 9.10.